The number of hydrogen-bond donors (Lipinski definition) is 0. The van der Waals surface area contributed by atoms with Crippen LogP contribution in [0.4, 0.5) is 14.6 Å². The number of carbonyl (C=O) groups is 1. The van der Waals surface area contributed by atoms with Crippen LogP contribution in [0.25, 0.3) is 0 Å². The minimum Gasteiger partial charge on any atom is -0.355 e. The smallest absolute Gasteiger partial charge is 0.251 e. The summed E-state index contributed by atoms with van der Waals surface area (Å²) >= 11 is 9.56. The van der Waals surface area contributed by atoms with Crippen molar-refractivity contribution in [1.82, 2.24) is 9.88 Å². The van der Waals surface area contributed by atoms with Gasteiger partial charge in [0.05, 0.1) is 5.02 Å². The molecule has 24 heavy (non-hydrogen) atoms. The van der Waals surface area contributed by atoms with Gasteiger partial charge in [0.2, 0.25) is 5.91 Å². The zero-order chi connectivity index (χ0) is 17.3. The zero-order valence-corrected chi connectivity index (χ0v) is 15.5. The minimum atomic E-state index is -2.62. The molecule has 8 heteroatoms. The number of rotatable bonds is 2. The van der Waals surface area contributed by atoms with E-state index in [0.717, 1.165) is 10.3 Å². The molecule has 0 unspecified atom stereocenters. The maximum absolute atomic E-state index is 13.2. The largest absolute Gasteiger partial charge is 0.355 e. The van der Waals surface area contributed by atoms with E-state index in [1.54, 1.807) is 17.2 Å². The third-order valence-corrected chi connectivity index (χ3v) is 5.45. The molecule has 0 saturated carbocycles. The Labute approximate surface area is 153 Å². The SMILES string of the molecule is O=C(C1CCN(c2ncc(Br)cc2Cl)CC1)N1CCC(F)(F)CC1. The summed E-state index contributed by atoms with van der Waals surface area (Å²) in [5.41, 5.74) is 0. The molecule has 0 N–H and O–H groups in total. The molecule has 0 atom stereocenters. The van der Waals surface area contributed by atoms with Gasteiger partial charge in [-0.3, -0.25) is 4.79 Å². The Morgan fingerprint density at radius 3 is 2.46 bits per heavy atom. The summed E-state index contributed by atoms with van der Waals surface area (Å²) < 4.78 is 27.3. The average molecular weight is 423 g/mol. The van der Waals surface area contributed by atoms with Crippen molar-refractivity contribution in [3.05, 3.63) is 21.8 Å². The van der Waals surface area contributed by atoms with Gasteiger partial charge in [0.1, 0.15) is 5.82 Å². The first-order chi connectivity index (χ1) is 11.4. The van der Waals surface area contributed by atoms with Crippen molar-refractivity contribution in [3.63, 3.8) is 0 Å². The van der Waals surface area contributed by atoms with Gasteiger partial charge in [0, 0.05) is 55.6 Å². The lowest BCUT2D eigenvalue weighted by Crippen LogP contribution is -2.47. The van der Waals surface area contributed by atoms with Crippen molar-refractivity contribution < 1.29 is 13.6 Å². The maximum atomic E-state index is 13.2. The number of pyridine rings is 1. The molecule has 2 aliphatic heterocycles. The van der Waals surface area contributed by atoms with Crippen molar-refractivity contribution in [2.45, 2.75) is 31.6 Å². The van der Waals surface area contributed by atoms with E-state index in [1.165, 1.54) is 0 Å². The molecular formula is C16H19BrClF2N3O. The second-order valence-electron chi connectivity index (χ2n) is 6.40. The van der Waals surface area contributed by atoms with E-state index < -0.39 is 5.92 Å². The van der Waals surface area contributed by atoms with Crippen LogP contribution in [0.5, 0.6) is 0 Å². The van der Waals surface area contributed by atoms with Crippen LogP contribution in [0, 0.1) is 5.92 Å². The van der Waals surface area contributed by atoms with Crippen LogP contribution in [0.2, 0.25) is 5.02 Å². The number of carbonyl (C=O) groups excluding carboxylic acids is 1. The summed E-state index contributed by atoms with van der Waals surface area (Å²) in [5.74, 6) is -1.98. The van der Waals surface area contributed by atoms with Crippen LogP contribution in [-0.2, 0) is 4.79 Å². The molecule has 4 nitrogen and oxygen atoms in total. The van der Waals surface area contributed by atoms with Gasteiger partial charge in [0.25, 0.3) is 5.92 Å². The molecule has 2 saturated heterocycles. The Morgan fingerprint density at radius 1 is 1.25 bits per heavy atom. The molecule has 0 radical (unpaired) electrons. The highest BCUT2D eigenvalue weighted by Crippen LogP contribution is 2.32. The summed E-state index contributed by atoms with van der Waals surface area (Å²) in [5, 5.41) is 0.576. The number of halogens is 4. The van der Waals surface area contributed by atoms with E-state index in [-0.39, 0.29) is 37.8 Å². The van der Waals surface area contributed by atoms with Gasteiger partial charge < -0.3 is 9.80 Å². The quantitative estimate of drug-likeness (QED) is 0.723. The maximum Gasteiger partial charge on any atom is 0.251 e. The first-order valence-corrected chi connectivity index (χ1v) is 9.25. The molecule has 0 spiro atoms. The molecule has 132 valence electrons. The van der Waals surface area contributed by atoms with E-state index in [1.807, 2.05) is 0 Å². The number of amides is 1. The van der Waals surface area contributed by atoms with Gasteiger partial charge in [-0.15, -0.1) is 0 Å². The number of anilines is 1. The molecular weight excluding hydrogens is 404 g/mol. The van der Waals surface area contributed by atoms with Crippen molar-refractivity contribution in [2.24, 2.45) is 5.92 Å². The fourth-order valence-electron chi connectivity index (χ4n) is 3.29. The second-order valence-corrected chi connectivity index (χ2v) is 7.72. The lowest BCUT2D eigenvalue weighted by molar-refractivity contribution is -0.142. The van der Waals surface area contributed by atoms with E-state index >= 15 is 0 Å². The average Bonchev–Trinajstić information content (AvgIpc) is 2.54. The van der Waals surface area contributed by atoms with Crippen LogP contribution in [-0.4, -0.2) is 47.9 Å². The molecule has 2 fully saturated rings. The zero-order valence-electron chi connectivity index (χ0n) is 13.2. The topological polar surface area (TPSA) is 36.4 Å². The van der Waals surface area contributed by atoms with E-state index in [0.29, 0.717) is 31.0 Å². The molecule has 0 aliphatic carbocycles. The monoisotopic (exact) mass is 421 g/mol. The Hall–Kier alpha value is -0.950. The molecule has 2 aliphatic rings. The summed E-state index contributed by atoms with van der Waals surface area (Å²) in [6.07, 6.45) is 2.64. The molecule has 3 rings (SSSR count). The van der Waals surface area contributed by atoms with Gasteiger partial charge in [-0.1, -0.05) is 11.6 Å². The highest BCUT2D eigenvalue weighted by Gasteiger charge is 2.38. The number of hydrogen-bond acceptors (Lipinski definition) is 3. The van der Waals surface area contributed by atoms with Gasteiger partial charge in [0.15, 0.2) is 0 Å². The number of likely N-dealkylation sites (tertiary alicyclic amines) is 1. The predicted octanol–water partition coefficient (Wildman–Crippen LogP) is 3.97. The Balaban J connectivity index is 1.56. The fraction of sp³-hybridized carbons (Fsp3) is 0.625. The summed E-state index contributed by atoms with van der Waals surface area (Å²) in [6.45, 7) is 1.70. The first kappa shape index (κ1) is 17.9. The lowest BCUT2D eigenvalue weighted by Gasteiger charge is -2.37. The van der Waals surface area contributed by atoms with E-state index in [2.05, 4.69) is 25.8 Å². The Bertz CT molecular complexity index is 613. The molecule has 1 amide bonds. The molecule has 1 aromatic heterocycles. The third kappa shape index (κ3) is 3.99. The highest BCUT2D eigenvalue weighted by atomic mass is 79.9. The highest BCUT2D eigenvalue weighted by molar-refractivity contribution is 9.10. The van der Waals surface area contributed by atoms with E-state index in [9.17, 15) is 13.6 Å². The molecule has 0 bridgehead atoms. The van der Waals surface area contributed by atoms with Gasteiger partial charge >= 0.3 is 0 Å². The lowest BCUT2D eigenvalue weighted by atomic mass is 9.94. The van der Waals surface area contributed by atoms with Gasteiger partial charge in [-0.2, -0.15) is 0 Å². The summed E-state index contributed by atoms with van der Waals surface area (Å²) in [7, 11) is 0. The number of nitrogens with zero attached hydrogens (tertiary/aromatic N) is 3. The fourth-order valence-corrected chi connectivity index (χ4v) is 4.04. The van der Waals surface area contributed by atoms with Crippen LogP contribution in [0.3, 0.4) is 0 Å². The Morgan fingerprint density at radius 2 is 1.88 bits per heavy atom. The van der Waals surface area contributed by atoms with E-state index in [4.69, 9.17) is 11.6 Å². The second kappa shape index (κ2) is 7.12. The number of aromatic nitrogens is 1. The van der Waals surface area contributed by atoms with Crippen LogP contribution >= 0.6 is 27.5 Å². The van der Waals surface area contributed by atoms with Crippen molar-refractivity contribution in [1.29, 1.82) is 0 Å². The van der Waals surface area contributed by atoms with Gasteiger partial charge in [-0.25, -0.2) is 13.8 Å². The standard InChI is InChI=1S/C16H19BrClF2N3O/c17-12-9-13(18)14(21-10-12)22-5-1-11(2-6-22)15(24)23-7-3-16(19,20)4-8-23/h9-11H,1-8H2. The number of alkyl halides is 2. The molecule has 1 aromatic rings. The molecule has 3 heterocycles. The van der Waals surface area contributed by atoms with Crippen LogP contribution in [0.1, 0.15) is 25.7 Å². The summed E-state index contributed by atoms with van der Waals surface area (Å²) in [6, 6.07) is 1.80. The Kier molecular flexibility index (Phi) is 5.30. The number of piperidine rings is 2. The molecule has 0 aromatic carbocycles. The van der Waals surface area contributed by atoms with Crippen LogP contribution < -0.4 is 4.90 Å². The van der Waals surface area contributed by atoms with Gasteiger partial charge in [-0.05, 0) is 34.8 Å². The first-order valence-electron chi connectivity index (χ1n) is 8.08. The summed E-state index contributed by atoms with van der Waals surface area (Å²) in [4.78, 5) is 20.6. The third-order valence-electron chi connectivity index (χ3n) is 4.74. The van der Waals surface area contributed by atoms with Crippen molar-refractivity contribution in [2.75, 3.05) is 31.1 Å². The predicted molar refractivity (Wildman–Crippen MR) is 92.6 cm³/mol. The van der Waals surface area contributed by atoms with Crippen LogP contribution in [0.15, 0.2) is 16.7 Å². The minimum absolute atomic E-state index is 0.0139. The normalized spacial score (nSPS) is 21.8. The van der Waals surface area contributed by atoms with Crippen molar-refractivity contribution in [3.8, 4) is 0 Å². The van der Waals surface area contributed by atoms with Crippen molar-refractivity contribution >= 4 is 39.3 Å².